The van der Waals surface area contributed by atoms with E-state index in [4.69, 9.17) is 4.74 Å². The van der Waals surface area contributed by atoms with E-state index in [-0.39, 0.29) is 5.91 Å². The Morgan fingerprint density at radius 2 is 2.29 bits per heavy atom. The summed E-state index contributed by atoms with van der Waals surface area (Å²) < 4.78 is 5.87. The van der Waals surface area contributed by atoms with Gasteiger partial charge in [0.05, 0.1) is 12.8 Å². The molecule has 2 N–H and O–H groups in total. The number of anilines is 1. The molecule has 0 saturated heterocycles. The van der Waals surface area contributed by atoms with Crippen LogP contribution in [0.4, 0.5) is 5.69 Å². The number of hydrogen-bond donors (Lipinski definition) is 2. The van der Waals surface area contributed by atoms with E-state index in [2.05, 4.69) is 31.4 Å². The molecule has 0 unspecified atom stereocenters. The van der Waals surface area contributed by atoms with Gasteiger partial charge in [-0.3, -0.25) is 9.89 Å². The van der Waals surface area contributed by atoms with Gasteiger partial charge >= 0.3 is 0 Å². The molecule has 0 spiro atoms. The summed E-state index contributed by atoms with van der Waals surface area (Å²) in [4.78, 5) is 11.8. The fourth-order valence-corrected chi connectivity index (χ4v) is 1.64. The summed E-state index contributed by atoms with van der Waals surface area (Å²) in [7, 11) is 1.57. The van der Waals surface area contributed by atoms with Crippen molar-refractivity contribution in [1.82, 2.24) is 10.2 Å². The number of amides is 1. The number of halogens is 1. The van der Waals surface area contributed by atoms with Crippen LogP contribution in [-0.2, 0) is 0 Å². The van der Waals surface area contributed by atoms with Crippen molar-refractivity contribution >= 4 is 27.5 Å². The summed E-state index contributed by atoms with van der Waals surface area (Å²) in [6.45, 7) is 0. The number of rotatable bonds is 3. The van der Waals surface area contributed by atoms with E-state index in [0.717, 1.165) is 4.47 Å². The Morgan fingerprint density at radius 1 is 1.47 bits per heavy atom. The van der Waals surface area contributed by atoms with Crippen molar-refractivity contribution in [2.75, 3.05) is 12.4 Å². The van der Waals surface area contributed by atoms with Gasteiger partial charge < -0.3 is 10.1 Å². The lowest BCUT2D eigenvalue weighted by molar-refractivity contribution is 0.102. The number of carbonyl (C=O) groups excluding carboxylic acids is 1. The third kappa shape index (κ3) is 2.65. The zero-order valence-corrected chi connectivity index (χ0v) is 10.6. The van der Waals surface area contributed by atoms with Gasteiger partial charge in [0.15, 0.2) is 0 Å². The molecular weight excluding hydrogens is 286 g/mol. The Balaban J connectivity index is 2.21. The van der Waals surface area contributed by atoms with Gasteiger partial charge in [0, 0.05) is 16.7 Å². The number of hydrogen-bond acceptors (Lipinski definition) is 3. The maximum absolute atomic E-state index is 11.8. The number of H-pyrrole nitrogens is 1. The Labute approximate surface area is 106 Å². The molecule has 0 atom stereocenters. The molecule has 0 saturated carbocycles. The topological polar surface area (TPSA) is 67.0 Å². The van der Waals surface area contributed by atoms with E-state index in [1.807, 2.05) is 0 Å². The molecule has 6 heteroatoms. The molecule has 1 amide bonds. The summed E-state index contributed by atoms with van der Waals surface area (Å²) in [6.07, 6.45) is 1.52. The van der Waals surface area contributed by atoms with Crippen molar-refractivity contribution in [3.63, 3.8) is 0 Å². The van der Waals surface area contributed by atoms with Crippen molar-refractivity contribution < 1.29 is 9.53 Å². The molecule has 1 aromatic heterocycles. The number of nitrogens with one attached hydrogen (secondary N) is 2. The van der Waals surface area contributed by atoms with Gasteiger partial charge in [0.2, 0.25) is 0 Å². The number of methoxy groups -OCH3 is 1. The molecular formula is C11H10BrN3O2. The van der Waals surface area contributed by atoms with Gasteiger partial charge in [0.1, 0.15) is 11.4 Å². The van der Waals surface area contributed by atoms with E-state index >= 15 is 0 Å². The van der Waals surface area contributed by atoms with E-state index < -0.39 is 0 Å². The average molecular weight is 296 g/mol. The minimum Gasteiger partial charge on any atom is -0.497 e. The van der Waals surface area contributed by atoms with Gasteiger partial charge in [-0.1, -0.05) is 0 Å². The van der Waals surface area contributed by atoms with Crippen LogP contribution in [0.15, 0.2) is 34.9 Å². The number of nitrogens with zero attached hydrogens (tertiary/aromatic N) is 1. The second kappa shape index (κ2) is 5.01. The van der Waals surface area contributed by atoms with Crippen LogP contribution in [0.2, 0.25) is 0 Å². The van der Waals surface area contributed by atoms with Crippen molar-refractivity contribution in [2.24, 2.45) is 0 Å². The first kappa shape index (κ1) is 11.7. The highest BCUT2D eigenvalue weighted by Crippen LogP contribution is 2.27. The average Bonchev–Trinajstić information content (AvgIpc) is 2.85. The molecule has 0 aliphatic carbocycles. The molecule has 1 heterocycles. The summed E-state index contributed by atoms with van der Waals surface area (Å²) >= 11 is 3.36. The predicted molar refractivity (Wildman–Crippen MR) is 67.2 cm³/mol. The maximum atomic E-state index is 11.8. The first-order valence-electron chi connectivity index (χ1n) is 4.85. The predicted octanol–water partition coefficient (Wildman–Crippen LogP) is 2.43. The van der Waals surface area contributed by atoms with Crippen molar-refractivity contribution in [2.45, 2.75) is 0 Å². The fraction of sp³-hybridized carbons (Fsp3) is 0.0909. The van der Waals surface area contributed by atoms with Crippen LogP contribution in [0.1, 0.15) is 10.5 Å². The lowest BCUT2D eigenvalue weighted by Crippen LogP contribution is -2.12. The number of aromatic nitrogens is 2. The summed E-state index contributed by atoms with van der Waals surface area (Å²) in [5.74, 6) is 0.421. The number of aromatic amines is 1. The first-order valence-corrected chi connectivity index (χ1v) is 5.64. The van der Waals surface area contributed by atoms with Crippen LogP contribution < -0.4 is 10.1 Å². The molecule has 0 fully saturated rings. The van der Waals surface area contributed by atoms with Gasteiger partial charge in [0.25, 0.3) is 5.91 Å². The zero-order valence-electron chi connectivity index (χ0n) is 9.03. The lowest BCUT2D eigenvalue weighted by Gasteiger charge is -2.08. The number of ether oxygens (including phenoxy) is 1. The van der Waals surface area contributed by atoms with Crippen molar-refractivity contribution in [3.05, 3.63) is 40.6 Å². The van der Waals surface area contributed by atoms with Crippen LogP contribution in [0, 0.1) is 0 Å². The Bertz CT molecular complexity index is 526. The van der Waals surface area contributed by atoms with E-state index in [9.17, 15) is 4.79 Å². The third-order valence-corrected chi connectivity index (χ3v) is 2.86. The highest BCUT2D eigenvalue weighted by atomic mass is 79.9. The van der Waals surface area contributed by atoms with Crippen LogP contribution in [-0.4, -0.2) is 23.2 Å². The SMILES string of the molecule is COc1ccc(Br)c(NC(=O)c2ccn[nH]2)c1. The van der Waals surface area contributed by atoms with Crippen molar-refractivity contribution in [1.29, 1.82) is 0 Å². The largest absolute Gasteiger partial charge is 0.497 e. The molecule has 1 aromatic carbocycles. The monoisotopic (exact) mass is 295 g/mol. The standard InChI is InChI=1S/C11H10BrN3O2/c1-17-7-2-3-8(12)10(6-7)14-11(16)9-4-5-13-15-9/h2-6H,1H3,(H,13,15)(H,14,16). The molecule has 88 valence electrons. The summed E-state index contributed by atoms with van der Waals surface area (Å²) in [6, 6.07) is 6.94. The molecule has 0 aliphatic rings. The smallest absolute Gasteiger partial charge is 0.273 e. The van der Waals surface area contributed by atoms with E-state index in [1.54, 1.807) is 31.4 Å². The first-order chi connectivity index (χ1) is 8.20. The second-order valence-corrected chi connectivity index (χ2v) is 4.12. The highest BCUT2D eigenvalue weighted by molar-refractivity contribution is 9.10. The van der Waals surface area contributed by atoms with Gasteiger partial charge in [-0.2, -0.15) is 5.10 Å². The van der Waals surface area contributed by atoms with E-state index in [0.29, 0.717) is 17.1 Å². The van der Waals surface area contributed by atoms with Gasteiger partial charge in [-0.25, -0.2) is 0 Å². The minimum atomic E-state index is -0.253. The van der Waals surface area contributed by atoms with Gasteiger partial charge in [-0.05, 0) is 34.1 Å². The van der Waals surface area contributed by atoms with Crippen LogP contribution in [0.3, 0.4) is 0 Å². The summed E-state index contributed by atoms with van der Waals surface area (Å²) in [5, 5.41) is 9.07. The maximum Gasteiger partial charge on any atom is 0.273 e. The molecule has 5 nitrogen and oxygen atoms in total. The summed E-state index contributed by atoms with van der Waals surface area (Å²) in [5.41, 5.74) is 1.05. The molecule has 17 heavy (non-hydrogen) atoms. The molecule has 2 rings (SSSR count). The third-order valence-electron chi connectivity index (χ3n) is 2.17. The molecule has 0 aliphatic heterocycles. The molecule has 0 bridgehead atoms. The highest BCUT2D eigenvalue weighted by Gasteiger charge is 2.09. The van der Waals surface area contributed by atoms with Crippen LogP contribution in [0.5, 0.6) is 5.75 Å². The van der Waals surface area contributed by atoms with Crippen LogP contribution in [0.25, 0.3) is 0 Å². The Hall–Kier alpha value is -1.82. The number of carbonyl (C=O) groups is 1. The Kier molecular flexibility index (Phi) is 3.43. The Morgan fingerprint density at radius 3 is 2.94 bits per heavy atom. The normalized spacial score (nSPS) is 10.0. The zero-order chi connectivity index (χ0) is 12.3. The van der Waals surface area contributed by atoms with Gasteiger partial charge in [-0.15, -0.1) is 0 Å². The van der Waals surface area contributed by atoms with E-state index in [1.165, 1.54) is 6.20 Å². The van der Waals surface area contributed by atoms with Crippen LogP contribution >= 0.6 is 15.9 Å². The fourth-order valence-electron chi connectivity index (χ4n) is 1.30. The second-order valence-electron chi connectivity index (χ2n) is 3.27. The minimum absolute atomic E-state index is 0.253. The quantitative estimate of drug-likeness (QED) is 0.914. The molecule has 2 aromatic rings. The number of benzene rings is 1. The lowest BCUT2D eigenvalue weighted by atomic mass is 10.3. The van der Waals surface area contributed by atoms with Crippen molar-refractivity contribution in [3.8, 4) is 5.75 Å². The molecule has 0 radical (unpaired) electrons.